The Kier molecular flexibility index (Phi) is 43.4. The molecule has 0 heterocycles. The summed E-state index contributed by atoms with van der Waals surface area (Å²) in [5.74, 6) is -1.79. The lowest BCUT2D eigenvalue weighted by molar-refractivity contribution is -0.154. The van der Waals surface area contributed by atoms with Crippen LogP contribution >= 0.6 is 7.82 Å². The number of allylic oxidation sites excluding steroid dienone is 8. The number of ether oxygens (including phenoxy) is 2. The Hall–Kier alpha value is -2.07. The van der Waals surface area contributed by atoms with Crippen LogP contribution in [-0.2, 0) is 32.7 Å². The number of carboxylic acids is 1. The number of rotatable bonds is 46. The first kappa shape index (κ1) is 57.9. The Bertz CT molecular complexity index is 1140. The van der Waals surface area contributed by atoms with Gasteiger partial charge in [0.1, 0.15) is 12.1 Å². The predicted octanol–water partition coefficient (Wildman–Crippen LogP) is 13.8. The molecule has 0 radical (unpaired) electrons. The second-order valence-electron chi connectivity index (χ2n) is 16.2. The van der Waals surface area contributed by atoms with Gasteiger partial charge in [-0.3, -0.25) is 18.6 Å². The maximum absolute atomic E-state index is 12.7. The van der Waals surface area contributed by atoms with Gasteiger partial charge in [-0.1, -0.05) is 178 Å². The Balaban J connectivity index is 4.19. The molecule has 11 heteroatoms. The molecule has 0 aromatic rings. The fourth-order valence-electron chi connectivity index (χ4n) is 6.55. The summed E-state index contributed by atoms with van der Waals surface area (Å²) in [5.41, 5.74) is 5.36. The van der Waals surface area contributed by atoms with Crippen molar-refractivity contribution < 1.29 is 42.7 Å². The third kappa shape index (κ3) is 44.0. The highest BCUT2D eigenvalue weighted by atomic mass is 31.2. The summed E-state index contributed by atoms with van der Waals surface area (Å²) in [5, 5.41) is 8.91. The van der Waals surface area contributed by atoms with Gasteiger partial charge in [0.05, 0.1) is 19.8 Å². The number of nitrogens with two attached hydrogens (primary N) is 1. The number of unbranched alkanes of at least 4 members (excludes halogenated alkanes) is 24. The zero-order chi connectivity index (χ0) is 44.0. The zero-order valence-corrected chi connectivity index (χ0v) is 39.2. The van der Waals surface area contributed by atoms with Crippen LogP contribution in [0, 0.1) is 0 Å². The normalized spacial score (nSPS) is 14.2. The first-order valence-electron chi connectivity index (χ1n) is 24.2. The van der Waals surface area contributed by atoms with Crippen molar-refractivity contribution in [3.63, 3.8) is 0 Å². The predicted molar refractivity (Wildman–Crippen MR) is 249 cm³/mol. The van der Waals surface area contributed by atoms with E-state index in [0.29, 0.717) is 13.0 Å². The molecule has 0 rings (SSSR count). The van der Waals surface area contributed by atoms with Crippen LogP contribution in [0.5, 0.6) is 0 Å². The van der Waals surface area contributed by atoms with Gasteiger partial charge in [0, 0.05) is 13.0 Å². The van der Waals surface area contributed by atoms with Crippen LogP contribution in [0.1, 0.15) is 213 Å². The molecule has 0 aromatic carbocycles. The van der Waals surface area contributed by atoms with Crippen molar-refractivity contribution in [1.29, 1.82) is 0 Å². The van der Waals surface area contributed by atoms with Crippen LogP contribution in [0.2, 0.25) is 0 Å². The number of carbonyl (C=O) groups is 2. The fraction of sp³-hybridized carbons (Fsp3) is 0.796. The minimum Gasteiger partial charge on any atom is -0.480 e. The number of phosphoric acid groups is 1. The van der Waals surface area contributed by atoms with Gasteiger partial charge >= 0.3 is 19.8 Å². The van der Waals surface area contributed by atoms with E-state index in [2.05, 4.69) is 62.5 Å². The molecule has 350 valence electrons. The van der Waals surface area contributed by atoms with E-state index in [-0.39, 0.29) is 13.0 Å². The van der Waals surface area contributed by atoms with E-state index in [0.717, 1.165) is 64.2 Å². The van der Waals surface area contributed by atoms with Gasteiger partial charge in [0.2, 0.25) is 0 Å². The first-order valence-corrected chi connectivity index (χ1v) is 25.7. The van der Waals surface area contributed by atoms with Crippen LogP contribution < -0.4 is 5.73 Å². The minimum atomic E-state index is -4.62. The van der Waals surface area contributed by atoms with Crippen LogP contribution in [0.3, 0.4) is 0 Å². The quantitative estimate of drug-likeness (QED) is 0.0233. The third-order valence-electron chi connectivity index (χ3n) is 10.3. The molecule has 0 fully saturated rings. The van der Waals surface area contributed by atoms with Gasteiger partial charge in [0.25, 0.3) is 0 Å². The number of hydrogen-bond donors (Lipinski definition) is 3. The molecule has 0 bridgehead atoms. The number of carbonyl (C=O) groups excluding carboxylic acids is 1. The SMILES string of the molecule is CCCCCCC/C=C\C/C=C\C/C=C\CCCCCCCCCCC(=O)OC(COCCCCCCCC/C=C\CCCCCCC)COP(=O)(O)OCC(N)C(=O)O. The molecule has 0 amide bonds. The van der Waals surface area contributed by atoms with Crippen LogP contribution in [0.15, 0.2) is 48.6 Å². The Labute approximate surface area is 367 Å². The molecule has 0 aromatic heterocycles. The number of esters is 1. The molecule has 4 N–H and O–H groups in total. The number of carboxylic acid groups (broad SMARTS) is 1. The van der Waals surface area contributed by atoms with E-state index in [1.807, 2.05) is 0 Å². The van der Waals surface area contributed by atoms with E-state index >= 15 is 0 Å². The monoisotopic (exact) mass is 868 g/mol. The summed E-state index contributed by atoms with van der Waals surface area (Å²) in [6.45, 7) is 3.85. The lowest BCUT2D eigenvalue weighted by atomic mass is 10.1. The molecular formula is C49H90NO9P. The van der Waals surface area contributed by atoms with Gasteiger partial charge in [-0.25, -0.2) is 4.57 Å². The second kappa shape index (κ2) is 45.0. The molecule has 3 unspecified atom stereocenters. The topological polar surface area (TPSA) is 155 Å². The summed E-state index contributed by atoms with van der Waals surface area (Å²) in [7, 11) is -4.62. The van der Waals surface area contributed by atoms with Crippen LogP contribution in [-0.4, -0.2) is 60.5 Å². The van der Waals surface area contributed by atoms with Crippen molar-refractivity contribution in [1.82, 2.24) is 0 Å². The van der Waals surface area contributed by atoms with Crippen molar-refractivity contribution in [2.75, 3.05) is 26.4 Å². The van der Waals surface area contributed by atoms with Crippen molar-refractivity contribution in [2.24, 2.45) is 5.73 Å². The third-order valence-corrected chi connectivity index (χ3v) is 11.3. The summed E-state index contributed by atoms with van der Waals surface area (Å²) >= 11 is 0. The zero-order valence-electron chi connectivity index (χ0n) is 38.3. The first-order chi connectivity index (χ1) is 29.2. The standard InChI is InChI=1S/C49H90NO9P/c1-3-5-7-9-11-13-15-17-19-20-21-22-23-24-25-26-27-29-31-33-35-37-39-41-48(51)59-46(44-57-60(54,55)58-45-47(50)49(52)53)43-56-42-40-38-36-34-32-30-28-18-16-14-12-10-8-6-4-2/h15-18,20-21,23-24,46-47H,3-14,19,22,25-45,50H2,1-2H3,(H,52,53)(H,54,55)/b17-15-,18-16-,21-20-,24-23-. The lowest BCUT2D eigenvalue weighted by Gasteiger charge is -2.20. The van der Waals surface area contributed by atoms with Gasteiger partial charge in [-0.2, -0.15) is 0 Å². The molecule has 0 saturated heterocycles. The maximum Gasteiger partial charge on any atom is 0.472 e. The van der Waals surface area contributed by atoms with Crippen LogP contribution in [0.25, 0.3) is 0 Å². The lowest BCUT2D eigenvalue weighted by Crippen LogP contribution is -2.34. The highest BCUT2D eigenvalue weighted by Crippen LogP contribution is 2.43. The van der Waals surface area contributed by atoms with E-state index in [1.165, 1.54) is 122 Å². The average Bonchev–Trinajstić information content (AvgIpc) is 3.23. The molecule has 0 saturated carbocycles. The fourth-order valence-corrected chi connectivity index (χ4v) is 7.32. The Morgan fingerprint density at radius 3 is 1.38 bits per heavy atom. The summed E-state index contributed by atoms with van der Waals surface area (Å²) in [4.78, 5) is 33.6. The van der Waals surface area contributed by atoms with E-state index in [4.69, 9.17) is 29.4 Å². The van der Waals surface area contributed by atoms with E-state index < -0.39 is 45.1 Å². The van der Waals surface area contributed by atoms with E-state index in [9.17, 15) is 19.0 Å². The molecule has 10 nitrogen and oxygen atoms in total. The molecule has 0 aliphatic carbocycles. The van der Waals surface area contributed by atoms with Crippen molar-refractivity contribution >= 4 is 19.8 Å². The smallest absolute Gasteiger partial charge is 0.472 e. The molecular weight excluding hydrogens is 778 g/mol. The van der Waals surface area contributed by atoms with E-state index in [1.54, 1.807) is 0 Å². The summed E-state index contributed by atoms with van der Waals surface area (Å²) in [6.07, 6.45) is 53.0. The van der Waals surface area contributed by atoms with Gasteiger partial charge in [-0.05, 0) is 77.0 Å². The highest BCUT2D eigenvalue weighted by Gasteiger charge is 2.27. The molecule has 0 aliphatic heterocycles. The van der Waals surface area contributed by atoms with Gasteiger partial charge < -0.3 is 25.2 Å². The van der Waals surface area contributed by atoms with Crippen LogP contribution in [0.4, 0.5) is 0 Å². The number of hydrogen-bond acceptors (Lipinski definition) is 8. The second-order valence-corrected chi connectivity index (χ2v) is 17.7. The molecule has 0 spiro atoms. The van der Waals surface area contributed by atoms with Gasteiger partial charge in [0.15, 0.2) is 0 Å². The largest absolute Gasteiger partial charge is 0.480 e. The summed E-state index contributed by atoms with van der Waals surface area (Å²) < 4.78 is 33.4. The van der Waals surface area contributed by atoms with Crippen molar-refractivity contribution in [3.8, 4) is 0 Å². The maximum atomic E-state index is 12.7. The Morgan fingerprint density at radius 2 is 0.917 bits per heavy atom. The number of aliphatic carboxylic acids is 1. The summed E-state index contributed by atoms with van der Waals surface area (Å²) in [6, 6.07) is -1.48. The van der Waals surface area contributed by atoms with Crippen molar-refractivity contribution in [3.05, 3.63) is 48.6 Å². The molecule has 0 aliphatic rings. The molecule has 60 heavy (non-hydrogen) atoms. The van der Waals surface area contributed by atoms with Gasteiger partial charge in [-0.15, -0.1) is 0 Å². The number of phosphoric ester groups is 1. The molecule has 3 atom stereocenters. The Morgan fingerprint density at radius 1 is 0.533 bits per heavy atom. The minimum absolute atomic E-state index is 0.00930. The van der Waals surface area contributed by atoms with Crippen molar-refractivity contribution in [2.45, 2.75) is 225 Å². The average molecular weight is 868 g/mol. The highest BCUT2D eigenvalue weighted by molar-refractivity contribution is 7.47.